The Hall–Kier alpha value is -0.380. The van der Waals surface area contributed by atoms with Gasteiger partial charge in [-0.2, -0.15) is 0 Å². The van der Waals surface area contributed by atoms with Crippen molar-refractivity contribution in [3.8, 4) is 0 Å². The maximum absolute atomic E-state index is 3.87. The van der Waals surface area contributed by atoms with Crippen molar-refractivity contribution in [3.63, 3.8) is 0 Å². The molecule has 2 fully saturated rings. The second-order valence-electron chi connectivity index (χ2n) is 6.57. The van der Waals surface area contributed by atoms with Crippen LogP contribution in [0.4, 0.5) is 0 Å². The summed E-state index contributed by atoms with van der Waals surface area (Å²) in [5.74, 6) is 0.954. The summed E-state index contributed by atoms with van der Waals surface area (Å²) in [4.78, 5) is 2.46. The van der Waals surface area contributed by atoms with Crippen molar-refractivity contribution in [1.82, 2.24) is 10.2 Å². The molecule has 1 saturated heterocycles. The fourth-order valence-electron chi connectivity index (χ4n) is 3.91. The van der Waals surface area contributed by atoms with Gasteiger partial charge in [0.25, 0.3) is 0 Å². The Kier molecular flexibility index (Phi) is 4.79. The number of rotatable bonds is 4. The van der Waals surface area contributed by atoms with Crippen molar-refractivity contribution in [1.29, 1.82) is 0 Å². The lowest BCUT2D eigenvalue weighted by Crippen LogP contribution is -2.39. The van der Waals surface area contributed by atoms with Gasteiger partial charge in [-0.05, 0) is 49.9 Å². The van der Waals surface area contributed by atoms with E-state index in [1.807, 2.05) is 0 Å². The smallest absolute Gasteiger partial charge is 0.0231 e. The van der Waals surface area contributed by atoms with Crippen molar-refractivity contribution in [2.75, 3.05) is 13.6 Å². The third-order valence-corrected chi connectivity index (χ3v) is 5.37. The first-order valence-corrected chi connectivity index (χ1v) is 8.69. The van der Waals surface area contributed by atoms with E-state index in [1.165, 1.54) is 44.2 Å². The molecule has 2 nitrogen and oxygen atoms in total. The van der Waals surface area contributed by atoms with Crippen LogP contribution < -0.4 is 5.32 Å². The summed E-state index contributed by atoms with van der Waals surface area (Å²) < 4.78 is 1.16. The second kappa shape index (κ2) is 6.59. The van der Waals surface area contributed by atoms with Crippen LogP contribution in [-0.4, -0.2) is 30.6 Å². The van der Waals surface area contributed by atoms with Crippen LogP contribution in [0.2, 0.25) is 0 Å². The molecule has 1 aromatic rings. The Balaban J connectivity index is 1.49. The van der Waals surface area contributed by atoms with Crippen LogP contribution in [0.3, 0.4) is 0 Å². The van der Waals surface area contributed by atoms with Crippen LogP contribution in [0.25, 0.3) is 0 Å². The van der Waals surface area contributed by atoms with Crippen LogP contribution in [0.1, 0.15) is 37.7 Å². The van der Waals surface area contributed by atoms with E-state index in [0.29, 0.717) is 6.04 Å². The van der Waals surface area contributed by atoms with Gasteiger partial charge >= 0.3 is 0 Å². The molecule has 1 aliphatic heterocycles. The molecular weight excluding hydrogens is 312 g/mol. The molecule has 3 heteroatoms. The van der Waals surface area contributed by atoms with E-state index in [0.717, 1.165) is 23.0 Å². The summed E-state index contributed by atoms with van der Waals surface area (Å²) in [5.41, 5.74) is 1.39. The van der Waals surface area contributed by atoms with Gasteiger partial charge in [0.05, 0.1) is 0 Å². The largest absolute Gasteiger partial charge is 0.310 e. The standard InChI is InChI=1S/C17H25BrN2/c1-20(11-13-6-8-15(18)9-7-13)12-16-10-14-4-2-3-5-17(14)19-16/h6-9,14,16-17,19H,2-5,10-12H2,1H3. The lowest BCUT2D eigenvalue weighted by atomic mass is 9.85. The Labute approximate surface area is 131 Å². The molecule has 110 valence electrons. The van der Waals surface area contributed by atoms with E-state index in [9.17, 15) is 0 Å². The molecule has 20 heavy (non-hydrogen) atoms. The number of benzene rings is 1. The molecule has 3 atom stereocenters. The van der Waals surface area contributed by atoms with Gasteiger partial charge < -0.3 is 10.2 Å². The van der Waals surface area contributed by atoms with Gasteiger partial charge in [0, 0.05) is 29.6 Å². The zero-order valence-electron chi connectivity index (χ0n) is 12.3. The zero-order valence-corrected chi connectivity index (χ0v) is 13.9. The zero-order chi connectivity index (χ0) is 13.9. The first kappa shape index (κ1) is 14.6. The quantitative estimate of drug-likeness (QED) is 0.899. The fraction of sp³-hybridized carbons (Fsp3) is 0.647. The molecule has 0 radical (unpaired) electrons. The van der Waals surface area contributed by atoms with Gasteiger partial charge in [-0.15, -0.1) is 0 Å². The average molecular weight is 337 g/mol. The van der Waals surface area contributed by atoms with Gasteiger partial charge in [0.2, 0.25) is 0 Å². The van der Waals surface area contributed by atoms with Crippen LogP contribution in [-0.2, 0) is 6.54 Å². The van der Waals surface area contributed by atoms with Crippen LogP contribution in [0.5, 0.6) is 0 Å². The number of nitrogens with zero attached hydrogens (tertiary/aromatic N) is 1. The molecule has 2 aliphatic rings. The third-order valence-electron chi connectivity index (χ3n) is 4.84. The number of hydrogen-bond donors (Lipinski definition) is 1. The maximum Gasteiger partial charge on any atom is 0.0231 e. The molecular formula is C17H25BrN2. The number of nitrogens with one attached hydrogen (secondary N) is 1. The van der Waals surface area contributed by atoms with Crippen molar-refractivity contribution < 1.29 is 0 Å². The molecule has 1 saturated carbocycles. The predicted octanol–water partition coefficient (Wildman–Crippen LogP) is 3.80. The number of halogens is 1. The molecule has 0 bridgehead atoms. The van der Waals surface area contributed by atoms with Crippen LogP contribution >= 0.6 is 15.9 Å². The summed E-state index contributed by atoms with van der Waals surface area (Å²) in [7, 11) is 2.24. The Morgan fingerprint density at radius 3 is 2.70 bits per heavy atom. The molecule has 1 N–H and O–H groups in total. The predicted molar refractivity (Wildman–Crippen MR) is 87.8 cm³/mol. The summed E-state index contributed by atoms with van der Waals surface area (Å²) >= 11 is 3.49. The van der Waals surface area contributed by atoms with Gasteiger partial charge in [-0.1, -0.05) is 40.9 Å². The minimum atomic E-state index is 0.698. The first-order valence-electron chi connectivity index (χ1n) is 7.90. The van der Waals surface area contributed by atoms with E-state index in [1.54, 1.807) is 0 Å². The minimum absolute atomic E-state index is 0.698. The fourth-order valence-corrected chi connectivity index (χ4v) is 4.18. The highest BCUT2D eigenvalue weighted by atomic mass is 79.9. The monoisotopic (exact) mass is 336 g/mol. The van der Waals surface area contributed by atoms with E-state index in [2.05, 4.69) is 57.5 Å². The van der Waals surface area contributed by atoms with Crippen molar-refractivity contribution in [2.24, 2.45) is 5.92 Å². The number of likely N-dealkylation sites (N-methyl/N-ethyl adjacent to an activating group) is 1. The Bertz CT molecular complexity index is 417. The lowest BCUT2D eigenvalue weighted by Gasteiger charge is -2.24. The second-order valence-corrected chi connectivity index (χ2v) is 7.49. The van der Waals surface area contributed by atoms with E-state index in [-0.39, 0.29) is 0 Å². The first-order chi connectivity index (χ1) is 9.70. The SMILES string of the molecule is CN(Cc1ccc(Br)cc1)CC1CC2CCCCC2N1. The summed E-state index contributed by atoms with van der Waals surface area (Å²) in [6.07, 6.45) is 7.11. The van der Waals surface area contributed by atoms with Crippen LogP contribution in [0, 0.1) is 5.92 Å². The lowest BCUT2D eigenvalue weighted by molar-refractivity contribution is 0.288. The highest BCUT2D eigenvalue weighted by Gasteiger charge is 2.35. The highest BCUT2D eigenvalue weighted by molar-refractivity contribution is 9.10. The van der Waals surface area contributed by atoms with Crippen molar-refractivity contribution >= 4 is 15.9 Å². The van der Waals surface area contributed by atoms with Crippen LogP contribution in [0.15, 0.2) is 28.7 Å². The highest BCUT2D eigenvalue weighted by Crippen LogP contribution is 2.33. The Morgan fingerprint density at radius 2 is 1.95 bits per heavy atom. The topological polar surface area (TPSA) is 15.3 Å². The summed E-state index contributed by atoms with van der Waals surface area (Å²) in [6.45, 7) is 2.21. The van der Waals surface area contributed by atoms with Gasteiger partial charge in [-0.25, -0.2) is 0 Å². The molecule has 3 unspecified atom stereocenters. The van der Waals surface area contributed by atoms with E-state index in [4.69, 9.17) is 0 Å². The van der Waals surface area contributed by atoms with Gasteiger partial charge in [0.1, 0.15) is 0 Å². The summed E-state index contributed by atoms with van der Waals surface area (Å²) in [5, 5.41) is 3.87. The van der Waals surface area contributed by atoms with Gasteiger partial charge in [0.15, 0.2) is 0 Å². The minimum Gasteiger partial charge on any atom is -0.310 e. The normalized spacial score (nSPS) is 29.6. The molecule has 0 amide bonds. The molecule has 3 rings (SSSR count). The molecule has 0 spiro atoms. The number of hydrogen-bond acceptors (Lipinski definition) is 2. The third kappa shape index (κ3) is 3.63. The van der Waals surface area contributed by atoms with E-state index < -0.39 is 0 Å². The van der Waals surface area contributed by atoms with Crippen molar-refractivity contribution in [3.05, 3.63) is 34.3 Å². The molecule has 1 heterocycles. The molecule has 0 aromatic heterocycles. The van der Waals surface area contributed by atoms with E-state index >= 15 is 0 Å². The number of fused-ring (bicyclic) bond motifs is 1. The molecule has 1 aromatic carbocycles. The average Bonchev–Trinajstić information content (AvgIpc) is 2.83. The van der Waals surface area contributed by atoms with Gasteiger partial charge in [-0.3, -0.25) is 0 Å². The molecule has 1 aliphatic carbocycles. The Morgan fingerprint density at radius 1 is 1.20 bits per heavy atom. The maximum atomic E-state index is 3.87. The summed E-state index contributed by atoms with van der Waals surface area (Å²) in [6, 6.07) is 10.2. The van der Waals surface area contributed by atoms with Crippen molar-refractivity contribution in [2.45, 2.75) is 50.7 Å².